The first kappa shape index (κ1) is 25.2. The molecule has 11 heteroatoms. The highest BCUT2D eigenvalue weighted by molar-refractivity contribution is 7.52. The summed E-state index contributed by atoms with van der Waals surface area (Å²) < 4.78 is 27.1. The molecule has 0 fully saturated rings. The number of amides is 2. The third kappa shape index (κ3) is 18.8. The molecular formula is C16H29N4O6P. The van der Waals surface area contributed by atoms with Gasteiger partial charge >= 0.3 is 13.6 Å². The molecule has 2 N–H and O–H groups in total. The quantitative estimate of drug-likeness (QED) is 0.163. The van der Waals surface area contributed by atoms with Gasteiger partial charge in [0.15, 0.2) is 0 Å². The SMILES string of the molecule is CP(=O)(OCCC#N)OCCOCCNC(=O)NCCCCCCN=C=O. The second-order valence-electron chi connectivity index (χ2n) is 5.53. The molecule has 0 saturated carbocycles. The predicted octanol–water partition coefficient (Wildman–Crippen LogP) is 1.97. The van der Waals surface area contributed by atoms with Crippen molar-refractivity contribution >= 4 is 19.7 Å². The van der Waals surface area contributed by atoms with E-state index in [2.05, 4.69) is 15.6 Å². The van der Waals surface area contributed by atoms with Crippen LogP contribution in [0.4, 0.5) is 4.79 Å². The minimum atomic E-state index is -3.15. The average Bonchev–Trinajstić information content (AvgIpc) is 2.63. The van der Waals surface area contributed by atoms with Crippen LogP contribution in [0.2, 0.25) is 0 Å². The highest BCUT2D eigenvalue weighted by atomic mass is 31.2. The minimum Gasteiger partial charge on any atom is -0.377 e. The number of isocyanates is 1. The number of unbranched alkanes of at least 4 members (excludes halogenated alkanes) is 3. The minimum absolute atomic E-state index is 0.0683. The topological polar surface area (TPSA) is 139 Å². The van der Waals surface area contributed by atoms with Crippen molar-refractivity contribution < 1.29 is 27.9 Å². The molecule has 0 aromatic carbocycles. The molecule has 0 aliphatic heterocycles. The lowest BCUT2D eigenvalue weighted by atomic mass is 10.2. The molecule has 154 valence electrons. The van der Waals surface area contributed by atoms with Gasteiger partial charge in [0.1, 0.15) is 0 Å². The molecule has 0 aliphatic carbocycles. The fourth-order valence-electron chi connectivity index (χ4n) is 1.87. The van der Waals surface area contributed by atoms with Gasteiger partial charge in [0.2, 0.25) is 6.08 Å². The van der Waals surface area contributed by atoms with E-state index in [1.165, 1.54) is 12.7 Å². The summed E-state index contributed by atoms with van der Waals surface area (Å²) in [5.41, 5.74) is 0. The Balaban J connectivity index is 3.42. The Hall–Kier alpha value is -1.75. The Morgan fingerprint density at radius 3 is 2.48 bits per heavy atom. The number of nitriles is 1. The summed E-state index contributed by atoms with van der Waals surface area (Å²) in [7, 11) is -3.15. The Bertz CT molecular complexity index is 533. The Labute approximate surface area is 160 Å². The van der Waals surface area contributed by atoms with Crippen molar-refractivity contribution in [2.75, 3.05) is 52.7 Å². The van der Waals surface area contributed by atoms with Crippen molar-refractivity contribution in [2.24, 2.45) is 4.99 Å². The number of hydrogen-bond donors (Lipinski definition) is 2. The number of carbonyl (C=O) groups excluding carboxylic acids is 2. The van der Waals surface area contributed by atoms with Gasteiger partial charge in [-0.25, -0.2) is 14.6 Å². The van der Waals surface area contributed by atoms with E-state index in [1.807, 2.05) is 6.07 Å². The van der Waals surface area contributed by atoms with E-state index in [4.69, 9.17) is 19.0 Å². The molecule has 0 aromatic heterocycles. The Kier molecular flexibility index (Phi) is 16.5. The van der Waals surface area contributed by atoms with Crippen LogP contribution in [0.25, 0.3) is 0 Å². The summed E-state index contributed by atoms with van der Waals surface area (Å²) in [5, 5.41) is 13.8. The van der Waals surface area contributed by atoms with Gasteiger partial charge in [-0.1, -0.05) is 12.8 Å². The molecule has 0 saturated heterocycles. The zero-order chi connectivity index (χ0) is 20.2. The monoisotopic (exact) mass is 404 g/mol. The van der Waals surface area contributed by atoms with Gasteiger partial charge in [-0.05, 0) is 12.8 Å². The molecule has 0 bridgehead atoms. The molecule has 0 radical (unpaired) electrons. The summed E-state index contributed by atoms with van der Waals surface area (Å²) in [6.07, 6.45) is 5.28. The van der Waals surface area contributed by atoms with Crippen molar-refractivity contribution in [1.29, 1.82) is 5.26 Å². The number of ether oxygens (including phenoxy) is 1. The molecule has 27 heavy (non-hydrogen) atoms. The second kappa shape index (κ2) is 17.7. The summed E-state index contributed by atoms with van der Waals surface area (Å²) in [4.78, 5) is 24.9. The van der Waals surface area contributed by atoms with E-state index in [1.54, 1.807) is 0 Å². The van der Waals surface area contributed by atoms with Crippen LogP contribution in [0.5, 0.6) is 0 Å². The van der Waals surface area contributed by atoms with Crippen LogP contribution >= 0.6 is 7.60 Å². The van der Waals surface area contributed by atoms with E-state index >= 15 is 0 Å². The molecule has 1 atom stereocenters. The lowest BCUT2D eigenvalue weighted by Gasteiger charge is -2.13. The standard InChI is InChI=1S/C16H29N4O6P/c1-27(23,25-11-6-7-17)26-14-13-24-12-10-20-16(22)19-9-5-3-2-4-8-18-15-21/h2-6,8-14H2,1H3,(H2,19,20,22). The van der Waals surface area contributed by atoms with Gasteiger partial charge in [0, 0.05) is 19.8 Å². The molecule has 0 spiro atoms. The molecule has 2 amide bonds. The zero-order valence-electron chi connectivity index (χ0n) is 15.8. The zero-order valence-corrected chi connectivity index (χ0v) is 16.7. The third-order valence-corrected chi connectivity index (χ3v) is 4.48. The maximum absolute atomic E-state index is 11.8. The van der Waals surface area contributed by atoms with E-state index in [-0.39, 0.29) is 32.3 Å². The average molecular weight is 404 g/mol. The van der Waals surface area contributed by atoms with Gasteiger partial charge in [0.25, 0.3) is 0 Å². The smallest absolute Gasteiger partial charge is 0.327 e. The van der Waals surface area contributed by atoms with Gasteiger partial charge in [-0.15, -0.1) is 0 Å². The highest BCUT2D eigenvalue weighted by Gasteiger charge is 2.16. The second-order valence-corrected chi connectivity index (χ2v) is 7.59. The van der Waals surface area contributed by atoms with Crippen molar-refractivity contribution in [2.45, 2.75) is 32.1 Å². The van der Waals surface area contributed by atoms with E-state index in [0.29, 0.717) is 26.2 Å². The van der Waals surface area contributed by atoms with Crippen molar-refractivity contribution in [3.05, 3.63) is 0 Å². The predicted molar refractivity (Wildman–Crippen MR) is 99.3 cm³/mol. The summed E-state index contributed by atoms with van der Waals surface area (Å²) >= 11 is 0. The first-order valence-corrected chi connectivity index (χ1v) is 10.9. The van der Waals surface area contributed by atoms with Crippen LogP contribution in [0, 0.1) is 11.3 Å². The Morgan fingerprint density at radius 1 is 1.04 bits per heavy atom. The molecule has 0 heterocycles. The first-order valence-electron chi connectivity index (χ1n) is 8.88. The number of hydrogen-bond acceptors (Lipinski definition) is 8. The van der Waals surface area contributed by atoms with Crippen LogP contribution in [-0.2, 0) is 23.1 Å². The van der Waals surface area contributed by atoms with E-state index in [0.717, 1.165) is 25.7 Å². The highest BCUT2D eigenvalue weighted by Crippen LogP contribution is 2.43. The summed E-state index contributed by atoms with van der Waals surface area (Å²) in [6, 6.07) is 1.63. The van der Waals surface area contributed by atoms with Crippen LogP contribution in [0.15, 0.2) is 4.99 Å². The summed E-state index contributed by atoms with van der Waals surface area (Å²) in [5.74, 6) is 0. The molecule has 10 nitrogen and oxygen atoms in total. The number of nitrogens with one attached hydrogen (secondary N) is 2. The summed E-state index contributed by atoms with van der Waals surface area (Å²) in [6.45, 7) is 3.47. The van der Waals surface area contributed by atoms with Crippen molar-refractivity contribution in [1.82, 2.24) is 10.6 Å². The van der Waals surface area contributed by atoms with Gasteiger partial charge in [-0.3, -0.25) is 4.57 Å². The number of aliphatic imine (C=N–C) groups is 1. The van der Waals surface area contributed by atoms with Crippen LogP contribution in [0.1, 0.15) is 32.1 Å². The van der Waals surface area contributed by atoms with Crippen LogP contribution < -0.4 is 10.6 Å². The maximum atomic E-state index is 11.8. The lowest BCUT2D eigenvalue weighted by Crippen LogP contribution is -2.37. The van der Waals surface area contributed by atoms with Crippen LogP contribution in [-0.4, -0.2) is 64.8 Å². The van der Waals surface area contributed by atoms with Crippen molar-refractivity contribution in [3.63, 3.8) is 0 Å². The first-order chi connectivity index (χ1) is 13.0. The molecular weight excluding hydrogens is 375 g/mol. The molecule has 0 aliphatic rings. The number of carbonyl (C=O) groups is 1. The maximum Gasteiger partial charge on any atom is 0.327 e. The normalized spacial score (nSPS) is 12.4. The van der Waals surface area contributed by atoms with Gasteiger partial charge < -0.3 is 24.4 Å². The number of urea groups is 1. The number of rotatable bonds is 17. The Morgan fingerprint density at radius 2 is 1.74 bits per heavy atom. The number of nitrogens with zero attached hydrogens (tertiary/aromatic N) is 2. The lowest BCUT2D eigenvalue weighted by molar-refractivity contribution is 0.0939. The largest absolute Gasteiger partial charge is 0.377 e. The molecule has 0 rings (SSSR count). The molecule has 1 unspecified atom stereocenters. The fraction of sp³-hybridized carbons (Fsp3) is 0.812. The van der Waals surface area contributed by atoms with Crippen molar-refractivity contribution in [3.8, 4) is 6.07 Å². The van der Waals surface area contributed by atoms with Crippen LogP contribution in [0.3, 0.4) is 0 Å². The van der Waals surface area contributed by atoms with E-state index in [9.17, 15) is 14.2 Å². The molecule has 0 aromatic rings. The third-order valence-electron chi connectivity index (χ3n) is 3.17. The van der Waals surface area contributed by atoms with Gasteiger partial charge in [0.05, 0.1) is 45.5 Å². The van der Waals surface area contributed by atoms with E-state index < -0.39 is 7.60 Å². The fourth-order valence-corrected chi connectivity index (χ4v) is 2.78. The van der Waals surface area contributed by atoms with Gasteiger partial charge in [-0.2, -0.15) is 5.26 Å².